The molecule has 0 unspecified atom stereocenters. The fourth-order valence-corrected chi connectivity index (χ4v) is 1.85. The molecule has 0 atom stereocenters. The van der Waals surface area contributed by atoms with Gasteiger partial charge in [-0.3, -0.25) is 0 Å². The van der Waals surface area contributed by atoms with Crippen LogP contribution in [0.1, 0.15) is 0 Å². The van der Waals surface area contributed by atoms with Gasteiger partial charge in [0.2, 0.25) is 0 Å². The summed E-state index contributed by atoms with van der Waals surface area (Å²) >= 11 is 5.48. The Kier molecular flexibility index (Phi) is 24.6. The number of alkyl halides is 1. The van der Waals surface area contributed by atoms with Crippen LogP contribution in [0.2, 0.25) is 0 Å². The fraction of sp³-hybridized carbons (Fsp3) is 0.842. The molecule has 0 aromatic rings. The highest BCUT2D eigenvalue weighted by atomic mass is 35.5. The summed E-state index contributed by atoms with van der Waals surface area (Å²) in [7, 11) is 0. The molecule has 0 spiro atoms. The first-order chi connectivity index (χ1) is 14.3. The third kappa shape index (κ3) is 25.2. The maximum Gasteiger partial charge on any atom is 0.330 e. The quantitative estimate of drug-likeness (QED) is 0.0941. The van der Waals surface area contributed by atoms with Crippen LogP contribution < -0.4 is 0 Å². The molecule has 0 radical (unpaired) electrons. The average Bonchev–Trinajstić information content (AvgIpc) is 2.74. The second kappa shape index (κ2) is 25.3. The molecule has 0 aliphatic rings. The van der Waals surface area contributed by atoms with Gasteiger partial charge in [0, 0.05) is 12.0 Å². The van der Waals surface area contributed by atoms with Crippen molar-refractivity contribution in [2.24, 2.45) is 0 Å². The van der Waals surface area contributed by atoms with Crippen LogP contribution in [-0.4, -0.2) is 111 Å². The first-order valence-corrected chi connectivity index (χ1v) is 10.2. The fourth-order valence-electron chi connectivity index (χ4n) is 1.74. The summed E-state index contributed by atoms with van der Waals surface area (Å²) in [4.78, 5) is 10.8. The zero-order valence-electron chi connectivity index (χ0n) is 17.2. The lowest BCUT2D eigenvalue weighted by Crippen LogP contribution is -2.15. The first kappa shape index (κ1) is 28.2. The van der Waals surface area contributed by atoms with Crippen molar-refractivity contribution >= 4 is 17.6 Å². The second-order valence-electron chi connectivity index (χ2n) is 5.35. The molecule has 0 amide bonds. The van der Waals surface area contributed by atoms with Crippen LogP contribution in [0.4, 0.5) is 0 Å². The summed E-state index contributed by atoms with van der Waals surface area (Å²) in [6.45, 7) is 10.4. The minimum absolute atomic E-state index is 0.206. The molecule has 29 heavy (non-hydrogen) atoms. The highest BCUT2D eigenvalue weighted by Gasteiger charge is 1.96. The number of carbonyl (C=O) groups is 1. The van der Waals surface area contributed by atoms with E-state index in [1.165, 1.54) is 0 Å². The number of halogens is 1. The van der Waals surface area contributed by atoms with Crippen molar-refractivity contribution < 1.29 is 42.7 Å². The summed E-state index contributed by atoms with van der Waals surface area (Å²) in [6.07, 6.45) is 1.11. The van der Waals surface area contributed by atoms with E-state index in [0.717, 1.165) is 6.08 Å². The van der Waals surface area contributed by atoms with Crippen molar-refractivity contribution in [3.63, 3.8) is 0 Å². The number of carbonyl (C=O) groups excluding carboxylic acids is 1. The molecule has 0 bridgehead atoms. The van der Waals surface area contributed by atoms with Gasteiger partial charge in [0.15, 0.2) is 0 Å². The van der Waals surface area contributed by atoms with Crippen molar-refractivity contribution in [1.29, 1.82) is 0 Å². The second-order valence-corrected chi connectivity index (χ2v) is 5.73. The van der Waals surface area contributed by atoms with Crippen molar-refractivity contribution in [3.8, 4) is 0 Å². The van der Waals surface area contributed by atoms with Crippen molar-refractivity contribution in [2.45, 2.75) is 0 Å². The Hall–Kier alpha value is -0.780. The number of esters is 1. The van der Waals surface area contributed by atoms with Gasteiger partial charge in [0.25, 0.3) is 0 Å². The van der Waals surface area contributed by atoms with E-state index in [9.17, 15) is 4.79 Å². The number of hydrogen-bond donors (Lipinski definition) is 0. The lowest BCUT2D eigenvalue weighted by Gasteiger charge is -2.08. The van der Waals surface area contributed by atoms with Crippen LogP contribution in [0.15, 0.2) is 12.7 Å². The summed E-state index contributed by atoms with van der Waals surface area (Å²) in [5.74, 6) is 0.0421. The minimum Gasteiger partial charge on any atom is -0.460 e. The summed E-state index contributed by atoms with van der Waals surface area (Å²) in [5, 5.41) is 0. The zero-order chi connectivity index (χ0) is 21.3. The SMILES string of the molecule is C=CC(=O)OCCOCCOCCOCCOCCOCCOCCOCCCl. The van der Waals surface area contributed by atoms with Crippen LogP contribution in [0.3, 0.4) is 0 Å². The number of hydrogen-bond acceptors (Lipinski definition) is 9. The molecule has 0 aliphatic carbocycles. The van der Waals surface area contributed by atoms with Crippen LogP contribution >= 0.6 is 11.6 Å². The van der Waals surface area contributed by atoms with E-state index in [0.29, 0.717) is 98.4 Å². The molecule has 0 aromatic heterocycles. The highest BCUT2D eigenvalue weighted by molar-refractivity contribution is 6.17. The minimum atomic E-state index is -0.454. The average molecular weight is 443 g/mol. The topological polar surface area (TPSA) is 90.9 Å². The predicted molar refractivity (Wildman–Crippen MR) is 108 cm³/mol. The molecule has 0 N–H and O–H groups in total. The Labute approximate surface area is 178 Å². The monoisotopic (exact) mass is 442 g/mol. The van der Waals surface area contributed by atoms with E-state index >= 15 is 0 Å². The van der Waals surface area contributed by atoms with Crippen LogP contribution in [0.5, 0.6) is 0 Å². The molecule has 0 fully saturated rings. The van der Waals surface area contributed by atoms with Gasteiger partial charge >= 0.3 is 5.97 Å². The Morgan fingerprint density at radius 3 is 1.10 bits per heavy atom. The molecule has 0 rings (SSSR count). The summed E-state index contributed by atoms with van der Waals surface area (Å²) < 4.78 is 42.0. The van der Waals surface area contributed by atoms with Crippen molar-refractivity contribution in [1.82, 2.24) is 0 Å². The van der Waals surface area contributed by atoms with Gasteiger partial charge in [-0.2, -0.15) is 0 Å². The van der Waals surface area contributed by atoms with Gasteiger partial charge in [0.1, 0.15) is 6.61 Å². The molecule has 0 aliphatic heterocycles. The standard InChI is InChI=1S/C19H35ClO9/c1-2-19(21)29-18-17-28-16-15-27-14-13-26-12-11-25-10-9-24-8-7-23-6-5-22-4-3-20/h2H,1,3-18H2. The van der Waals surface area contributed by atoms with Crippen LogP contribution in [-0.2, 0) is 42.7 Å². The third-order valence-corrected chi connectivity index (χ3v) is 3.25. The molecular formula is C19H35ClO9. The van der Waals surface area contributed by atoms with Crippen molar-refractivity contribution in [3.05, 3.63) is 12.7 Å². The lowest BCUT2D eigenvalue weighted by atomic mass is 10.6. The Balaban J connectivity index is 3.01. The van der Waals surface area contributed by atoms with Gasteiger partial charge in [-0.25, -0.2) is 4.79 Å². The summed E-state index contributed by atoms with van der Waals surface area (Å²) in [5.41, 5.74) is 0. The van der Waals surface area contributed by atoms with Crippen LogP contribution in [0, 0.1) is 0 Å². The molecule has 0 aromatic carbocycles. The van der Waals surface area contributed by atoms with E-state index < -0.39 is 5.97 Å². The van der Waals surface area contributed by atoms with Gasteiger partial charge in [-0.15, -0.1) is 11.6 Å². The number of rotatable bonds is 24. The maximum absolute atomic E-state index is 10.8. The van der Waals surface area contributed by atoms with E-state index in [-0.39, 0.29) is 6.61 Å². The smallest absolute Gasteiger partial charge is 0.330 e. The van der Waals surface area contributed by atoms with E-state index in [1.54, 1.807) is 0 Å². The Morgan fingerprint density at radius 2 is 0.828 bits per heavy atom. The Morgan fingerprint density at radius 1 is 0.552 bits per heavy atom. The molecular weight excluding hydrogens is 408 g/mol. The first-order valence-electron chi connectivity index (χ1n) is 9.70. The van der Waals surface area contributed by atoms with Gasteiger partial charge in [-0.05, 0) is 0 Å². The van der Waals surface area contributed by atoms with Gasteiger partial charge in [-0.1, -0.05) is 6.58 Å². The van der Waals surface area contributed by atoms with Gasteiger partial charge in [0.05, 0.1) is 92.5 Å². The van der Waals surface area contributed by atoms with Gasteiger partial charge < -0.3 is 37.9 Å². The maximum atomic E-state index is 10.8. The summed E-state index contributed by atoms with van der Waals surface area (Å²) in [6, 6.07) is 0. The van der Waals surface area contributed by atoms with Crippen LogP contribution in [0.25, 0.3) is 0 Å². The molecule has 0 heterocycles. The third-order valence-electron chi connectivity index (χ3n) is 3.09. The van der Waals surface area contributed by atoms with E-state index in [4.69, 9.17) is 49.5 Å². The molecule has 0 saturated carbocycles. The Bertz CT molecular complexity index is 359. The molecule has 0 saturated heterocycles. The molecule has 172 valence electrons. The van der Waals surface area contributed by atoms with E-state index in [2.05, 4.69) is 6.58 Å². The van der Waals surface area contributed by atoms with E-state index in [1.807, 2.05) is 0 Å². The normalized spacial score (nSPS) is 10.9. The predicted octanol–water partition coefficient (Wildman–Crippen LogP) is 1.07. The zero-order valence-corrected chi connectivity index (χ0v) is 17.9. The lowest BCUT2D eigenvalue weighted by molar-refractivity contribution is -0.139. The highest BCUT2D eigenvalue weighted by Crippen LogP contribution is 1.86. The largest absolute Gasteiger partial charge is 0.460 e. The number of ether oxygens (including phenoxy) is 8. The molecule has 10 heteroatoms. The van der Waals surface area contributed by atoms with Crippen molar-refractivity contribution in [2.75, 3.05) is 105 Å². The molecule has 9 nitrogen and oxygen atoms in total.